The minimum absolute atomic E-state index is 0.840. The van der Waals surface area contributed by atoms with Crippen molar-refractivity contribution in [2.45, 2.75) is 6.54 Å². The van der Waals surface area contributed by atoms with Crippen LogP contribution in [0.25, 0.3) is 0 Å². The molecule has 4 heteroatoms. The molecule has 2 aromatic rings. The third-order valence-electron chi connectivity index (χ3n) is 4.15. The molecule has 0 aliphatic carbocycles. The largest absolute Gasteiger partial charge is 0.497 e. The third kappa shape index (κ3) is 3.52. The maximum Gasteiger partial charge on any atom is 0.120 e. The molecule has 22 heavy (non-hydrogen) atoms. The first kappa shape index (κ1) is 14.7. The van der Waals surface area contributed by atoms with Crippen LogP contribution < -0.4 is 15.4 Å². The molecule has 0 unspecified atom stereocenters. The fourth-order valence-electron chi connectivity index (χ4n) is 2.92. The van der Waals surface area contributed by atoms with Crippen LogP contribution in [0.1, 0.15) is 5.56 Å². The second-order valence-corrected chi connectivity index (χ2v) is 5.71. The highest BCUT2D eigenvalue weighted by Gasteiger charge is 2.17. The van der Waals surface area contributed by atoms with E-state index in [1.54, 1.807) is 7.11 Å². The highest BCUT2D eigenvalue weighted by molar-refractivity contribution is 5.51. The summed E-state index contributed by atoms with van der Waals surface area (Å²) < 4.78 is 5.31. The summed E-state index contributed by atoms with van der Waals surface area (Å²) in [4.78, 5) is 4.89. The summed E-state index contributed by atoms with van der Waals surface area (Å²) >= 11 is 0. The molecule has 1 saturated heterocycles. The number of piperazine rings is 1. The fraction of sp³-hybridized carbons (Fsp3) is 0.333. The molecular weight excluding hydrogens is 274 g/mol. The van der Waals surface area contributed by atoms with Gasteiger partial charge in [-0.1, -0.05) is 18.2 Å². The molecule has 2 N–H and O–H groups in total. The number of methoxy groups -OCH3 is 1. The summed E-state index contributed by atoms with van der Waals surface area (Å²) in [5, 5.41) is 0. The molecule has 0 bridgehead atoms. The SMILES string of the molecule is COc1cccc(N2CCN(Cc3cccc(N)c3)CC2)c1. The molecule has 0 spiro atoms. The molecule has 0 saturated carbocycles. The number of anilines is 2. The Balaban J connectivity index is 1.58. The first-order valence-corrected chi connectivity index (χ1v) is 7.70. The highest BCUT2D eigenvalue weighted by Crippen LogP contribution is 2.22. The van der Waals surface area contributed by atoms with Crippen LogP contribution in [0, 0.1) is 0 Å². The Kier molecular flexibility index (Phi) is 4.49. The maximum absolute atomic E-state index is 5.85. The number of nitrogen functional groups attached to an aromatic ring is 1. The van der Waals surface area contributed by atoms with E-state index in [9.17, 15) is 0 Å². The van der Waals surface area contributed by atoms with Crippen molar-refractivity contribution in [3.8, 4) is 5.75 Å². The zero-order valence-electron chi connectivity index (χ0n) is 13.0. The van der Waals surface area contributed by atoms with Gasteiger partial charge in [-0.2, -0.15) is 0 Å². The van der Waals surface area contributed by atoms with E-state index in [0.29, 0.717) is 0 Å². The van der Waals surface area contributed by atoms with Crippen molar-refractivity contribution < 1.29 is 4.74 Å². The van der Waals surface area contributed by atoms with Crippen LogP contribution in [0.5, 0.6) is 5.75 Å². The van der Waals surface area contributed by atoms with E-state index in [1.807, 2.05) is 24.3 Å². The lowest BCUT2D eigenvalue weighted by Gasteiger charge is -2.36. The molecule has 1 heterocycles. The summed E-state index contributed by atoms with van der Waals surface area (Å²) in [5.74, 6) is 0.916. The summed E-state index contributed by atoms with van der Waals surface area (Å²) in [6.45, 7) is 5.17. The third-order valence-corrected chi connectivity index (χ3v) is 4.15. The summed E-state index contributed by atoms with van der Waals surface area (Å²) in [6, 6.07) is 16.5. The number of hydrogen-bond donors (Lipinski definition) is 1. The average Bonchev–Trinajstić information content (AvgIpc) is 2.56. The van der Waals surface area contributed by atoms with E-state index in [0.717, 1.165) is 44.2 Å². The van der Waals surface area contributed by atoms with E-state index < -0.39 is 0 Å². The van der Waals surface area contributed by atoms with Gasteiger partial charge in [-0.05, 0) is 29.8 Å². The molecule has 0 aromatic heterocycles. The average molecular weight is 297 g/mol. The van der Waals surface area contributed by atoms with Crippen LogP contribution in [0.2, 0.25) is 0 Å². The number of ether oxygens (including phenoxy) is 1. The summed E-state index contributed by atoms with van der Waals surface area (Å²) in [5.41, 5.74) is 9.22. The quantitative estimate of drug-likeness (QED) is 0.881. The number of hydrogen-bond acceptors (Lipinski definition) is 4. The van der Waals surface area contributed by atoms with Crippen LogP contribution in [0.15, 0.2) is 48.5 Å². The van der Waals surface area contributed by atoms with Gasteiger partial charge in [-0.15, -0.1) is 0 Å². The molecule has 1 fully saturated rings. The molecule has 4 nitrogen and oxygen atoms in total. The smallest absolute Gasteiger partial charge is 0.120 e. The highest BCUT2D eigenvalue weighted by atomic mass is 16.5. The van der Waals surface area contributed by atoms with Gasteiger partial charge in [0.05, 0.1) is 7.11 Å². The van der Waals surface area contributed by atoms with Crippen LogP contribution in [-0.4, -0.2) is 38.2 Å². The van der Waals surface area contributed by atoms with E-state index in [-0.39, 0.29) is 0 Å². The van der Waals surface area contributed by atoms with Crippen molar-refractivity contribution in [3.63, 3.8) is 0 Å². The normalized spacial score (nSPS) is 15.8. The maximum atomic E-state index is 5.85. The van der Waals surface area contributed by atoms with Gasteiger partial charge in [0.25, 0.3) is 0 Å². The van der Waals surface area contributed by atoms with Gasteiger partial charge in [-0.3, -0.25) is 4.90 Å². The minimum Gasteiger partial charge on any atom is -0.497 e. The first-order chi connectivity index (χ1) is 10.7. The predicted molar refractivity (Wildman–Crippen MR) is 91.3 cm³/mol. The molecule has 0 amide bonds. The van der Waals surface area contributed by atoms with E-state index >= 15 is 0 Å². The van der Waals surface area contributed by atoms with Crippen molar-refractivity contribution >= 4 is 11.4 Å². The van der Waals surface area contributed by atoms with Crippen molar-refractivity contribution in [3.05, 3.63) is 54.1 Å². The zero-order valence-corrected chi connectivity index (χ0v) is 13.0. The van der Waals surface area contributed by atoms with Crippen LogP contribution in [-0.2, 0) is 6.54 Å². The molecule has 2 aromatic carbocycles. The van der Waals surface area contributed by atoms with Gasteiger partial charge in [0, 0.05) is 50.2 Å². The zero-order chi connectivity index (χ0) is 15.4. The first-order valence-electron chi connectivity index (χ1n) is 7.70. The van der Waals surface area contributed by atoms with Crippen LogP contribution in [0.4, 0.5) is 11.4 Å². The fourth-order valence-corrected chi connectivity index (χ4v) is 2.92. The molecule has 1 aliphatic heterocycles. The lowest BCUT2D eigenvalue weighted by Crippen LogP contribution is -2.45. The predicted octanol–water partition coefficient (Wildman–Crippen LogP) is 2.60. The van der Waals surface area contributed by atoms with Gasteiger partial charge < -0.3 is 15.4 Å². The van der Waals surface area contributed by atoms with Crippen molar-refractivity contribution in [2.24, 2.45) is 0 Å². The standard InChI is InChI=1S/C18H23N3O/c1-22-18-7-3-6-17(13-18)21-10-8-20(9-11-21)14-15-4-2-5-16(19)12-15/h2-7,12-13H,8-11,14,19H2,1H3. The van der Waals surface area contributed by atoms with Crippen molar-refractivity contribution in [1.29, 1.82) is 0 Å². The second-order valence-electron chi connectivity index (χ2n) is 5.71. The number of nitrogens with zero attached hydrogens (tertiary/aromatic N) is 2. The Hall–Kier alpha value is -2.20. The Morgan fingerprint density at radius 1 is 1.00 bits per heavy atom. The van der Waals surface area contributed by atoms with Gasteiger partial charge in [0.15, 0.2) is 0 Å². The summed E-state index contributed by atoms with van der Waals surface area (Å²) in [7, 11) is 1.71. The number of rotatable bonds is 4. The van der Waals surface area contributed by atoms with Gasteiger partial charge in [0.1, 0.15) is 5.75 Å². The number of nitrogens with two attached hydrogens (primary N) is 1. The molecule has 0 radical (unpaired) electrons. The molecule has 3 rings (SSSR count). The van der Waals surface area contributed by atoms with Crippen LogP contribution in [0.3, 0.4) is 0 Å². The minimum atomic E-state index is 0.840. The second kappa shape index (κ2) is 6.71. The Bertz CT molecular complexity index is 621. The molecule has 116 valence electrons. The Morgan fingerprint density at radius 2 is 1.77 bits per heavy atom. The lowest BCUT2D eigenvalue weighted by molar-refractivity contribution is 0.250. The van der Waals surface area contributed by atoms with Gasteiger partial charge in [-0.25, -0.2) is 0 Å². The number of benzene rings is 2. The van der Waals surface area contributed by atoms with E-state index in [1.165, 1.54) is 11.3 Å². The molecule has 1 aliphatic rings. The van der Waals surface area contributed by atoms with Crippen molar-refractivity contribution in [1.82, 2.24) is 4.90 Å². The Morgan fingerprint density at radius 3 is 2.50 bits per heavy atom. The van der Waals surface area contributed by atoms with Crippen molar-refractivity contribution in [2.75, 3.05) is 43.9 Å². The van der Waals surface area contributed by atoms with Gasteiger partial charge in [0.2, 0.25) is 0 Å². The Labute approximate surface area is 132 Å². The van der Waals surface area contributed by atoms with E-state index in [4.69, 9.17) is 10.5 Å². The summed E-state index contributed by atoms with van der Waals surface area (Å²) in [6.07, 6.45) is 0. The van der Waals surface area contributed by atoms with Crippen LogP contribution >= 0.6 is 0 Å². The molecule has 0 atom stereocenters. The van der Waals surface area contributed by atoms with E-state index in [2.05, 4.69) is 34.1 Å². The topological polar surface area (TPSA) is 41.7 Å². The van der Waals surface area contributed by atoms with Gasteiger partial charge >= 0.3 is 0 Å². The monoisotopic (exact) mass is 297 g/mol. The molecular formula is C18H23N3O. The lowest BCUT2D eigenvalue weighted by atomic mass is 10.1.